The Morgan fingerprint density at radius 1 is 1.28 bits per heavy atom. The van der Waals surface area contributed by atoms with Crippen LogP contribution in [0.1, 0.15) is 27.2 Å². The molecule has 0 aliphatic carbocycles. The monoisotopic (exact) mass is 335 g/mol. The topological polar surface area (TPSA) is 80.2 Å². The average molecular weight is 335 g/mol. The van der Waals surface area contributed by atoms with Crippen molar-refractivity contribution in [2.24, 2.45) is 0 Å². The van der Waals surface area contributed by atoms with Gasteiger partial charge in [-0.1, -0.05) is 6.07 Å². The molecule has 0 bridgehead atoms. The third-order valence-corrected chi connectivity index (χ3v) is 3.85. The Hall–Kier alpha value is -3.46. The maximum Gasteiger partial charge on any atom is 0.260 e. The van der Waals surface area contributed by atoms with E-state index < -0.39 is 5.91 Å². The van der Waals surface area contributed by atoms with Crippen molar-refractivity contribution in [1.82, 2.24) is 4.57 Å². The molecule has 25 heavy (non-hydrogen) atoms. The van der Waals surface area contributed by atoms with Crippen LogP contribution in [-0.2, 0) is 0 Å². The van der Waals surface area contributed by atoms with Crippen LogP contribution in [0.25, 0.3) is 5.88 Å². The molecule has 0 aliphatic rings. The van der Waals surface area contributed by atoms with Crippen LogP contribution >= 0.6 is 0 Å². The molecule has 0 unspecified atom stereocenters. The number of ether oxygens (including phenoxy) is 1. The number of methoxy groups -OCH3 is 1. The van der Waals surface area contributed by atoms with Gasteiger partial charge in [0.2, 0.25) is 5.88 Å². The number of nitriles is 1. The number of benzene rings is 1. The number of aryl methyl sites for hydroxylation is 2. The molecule has 6 heteroatoms. The number of hydrogen-bond acceptors (Lipinski definition) is 4. The molecule has 0 aliphatic heterocycles. The highest BCUT2D eigenvalue weighted by atomic mass is 16.5. The van der Waals surface area contributed by atoms with E-state index in [4.69, 9.17) is 9.15 Å². The number of rotatable bonds is 4. The summed E-state index contributed by atoms with van der Waals surface area (Å²) in [7, 11) is 1.54. The quantitative estimate of drug-likeness (QED) is 0.786. The molecular formula is C19H17N3O3. The van der Waals surface area contributed by atoms with Gasteiger partial charge in [-0.3, -0.25) is 9.36 Å². The fourth-order valence-corrected chi connectivity index (χ4v) is 2.66. The molecule has 126 valence electrons. The van der Waals surface area contributed by atoms with E-state index in [9.17, 15) is 10.1 Å². The van der Waals surface area contributed by atoms with Crippen molar-refractivity contribution >= 4 is 11.6 Å². The molecule has 0 fully saturated rings. The summed E-state index contributed by atoms with van der Waals surface area (Å²) >= 11 is 0. The number of anilines is 1. The lowest BCUT2D eigenvalue weighted by Gasteiger charge is -2.10. The lowest BCUT2D eigenvalue weighted by molar-refractivity contribution is 0.102. The number of hydrogen-bond donors (Lipinski definition) is 1. The highest BCUT2D eigenvalue weighted by molar-refractivity contribution is 6.08. The molecule has 6 nitrogen and oxygen atoms in total. The van der Waals surface area contributed by atoms with Gasteiger partial charge in [0.15, 0.2) is 0 Å². The van der Waals surface area contributed by atoms with E-state index >= 15 is 0 Å². The summed E-state index contributed by atoms with van der Waals surface area (Å²) in [5, 5.41) is 12.4. The fourth-order valence-electron chi connectivity index (χ4n) is 2.66. The molecule has 0 saturated heterocycles. The molecular weight excluding hydrogens is 318 g/mol. The van der Waals surface area contributed by atoms with Gasteiger partial charge >= 0.3 is 0 Å². The Bertz CT molecular complexity index is 963. The van der Waals surface area contributed by atoms with Gasteiger partial charge in [-0.2, -0.15) is 5.26 Å². The highest BCUT2D eigenvalue weighted by Gasteiger charge is 2.25. The molecule has 2 aromatic heterocycles. The number of nitrogens with zero attached hydrogens (tertiary/aromatic N) is 2. The maximum atomic E-state index is 12.8. The van der Waals surface area contributed by atoms with Crippen LogP contribution in [0, 0.1) is 25.2 Å². The number of carbonyl (C=O) groups excluding carboxylic acids is 1. The first-order chi connectivity index (χ1) is 12.0. The summed E-state index contributed by atoms with van der Waals surface area (Å²) in [5.74, 6) is 0.833. The zero-order valence-corrected chi connectivity index (χ0v) is 14.2. The Labute approximate surface area is 145 Å². The molecule has 1 aromatic carbocycles. The van der Waals surface area contributed by atoms with Crippen molar-refractivity contribution in [2.75, 3.05) is 12.4 Å². The molecule has 0 radical (unpaired) electrons. The van der Waals surface area contributed by atoms with Gasteiger partial charge in [0.1, 0.15) is 28.7 Å². The van der Waals surface area contributed by atoms with Gasteiger partial charge in [0, 0.05) is 12.4 Å². The predicted molar refractivity (Wildman–Crippen MR) is 93.2 cm³/mol. The second-order valence-corrected chi connectivity index (χ2v) is 5.57. The van der Waals surface area contributed by atoms with E-state index in [-0.39, 0.29) is 11.1 Å². The summed E-state index contributed by atoms with van der Waals surface area (Å²) in [6.07, 6.45) is 3.51. The Morgan fingerprint density at radius 3 is 2.64 bits per heavy atom. The van der Waals surface area contributed by atoms with E-state index in [2.05, 4.69) is 11.4 Å². The lowest BCUT2D eigenvalue weighted by Crippen LogP contribution is -2.14. The third-order valence-electron chi connectivity index (χ3n) is 3.85. The van der Waals surface area contributed by atoms with Crippen LogP contribution in [0.4, 0.5) is 5.69 Å². The van der Waals surface area contributed by atoms with Crippen molar-refractivity contribution in [2.45, 2.75) is 13.8 Å². The highest BCUT2D eigenvalue weighted by Crippen LogP contribution is 2.29. The van der Waals surface area contributed by atoms with Crippen LogP contribution in [-0.4, -0.2) is 17.6 Å². The van der Waals surface area contributed by atoms with Crippen LogP contribution in [0.2, 0.25) is 0 Å². The number of amides is 1. The minimum absolute atomic E-state index is 0.192. The summed E-state index contributed by atoms with van der Waals surface area (Å²) in [5.41, 5.74) is 1.93. The smallest absolute Gasteiger partial charge is 0.260 e. The maximum absolute atomic E-state index is 12.8. The largest absolute Gasteiger partial charge is 0.495 e. The van der Waals surface area contributed by atoms with Crippen molar-refractivity contribution < 1.29 is 13.9 Å². The second kappa shape index (κ2) is 6.57. The summed E-state index contributed by atoms with van der Waals surface area (Å²) in [6, 6.07) is 11.2. The van der Waals surface area contributed by atoms with Gasteiger partial charge in [0.05, 0.1) is 12.8 Å². The molecule has 0 spiro atoms. The molecule has 1 amide bonds. The molecule has 0 saturated carbocycles. The normalized spacial score (nSPS) is 10.3. The number of furan rings is 1. The van der Waals surface area contributed by atoms with Gasteiger partial charge in [-0.05, 0) is 43.7 Å². The van der Waals surface area contributed by atoms with E-state index in [1.165, 1.54) is 7.11 Å². The van der Waals surface area contributed by atoms with Gasteiger partial charge < -0.3 is 14.5 Å². The zero-order valence-electron chi connectivity index (χ0n) is 14.2. The standard InChI is InChI=1S/C19H17N3O3/c1-12-6-7-16(24-3)15(10-12)21-18(23)17-13(2)25-19(14(17)11-20)22-8-4-5-9-22/h4-10H,1-3H3,(H,21,23). The predicted octanol–water partition coefficient (Wildman–Crippen LogP) is 3.82. The van der Waals surface area contributed by atoms with Gasteiger partial charge in [-0.25, -0.2) is 0 Å². The number of carbonyl (C=O) groups is 1. The van der Waals surface area contributed by atoms with Crippen molar-refractivity contribution in [3.8, 4) is 17.7 Å². The second-order valence-electron chi connectivity index (χ2n) is 5.57. The minimum Gasteiger partial charge on any atom is -0.495 e. The minimum atomic E-state index is -0.417. The van der Waals surface area contributed by atoms with Gasteiger partial charge in [-0.15, -0.1) is 0 Å². The SMILES string of the molecule is COc1ccc(C)cc1NC(=O)c1c(C)oc(-n2cccc2)c1C#N. The molecule has 0 atom stereocenters. The zero-order chi connectivity index (χ0) is 18.0. The Morgan fingerprint density at radius 2 is 2.00 bits per heavy atom. The van der Waals surface area contributed by atoms with E-state index in [1.807, 2.05) is 31.2 Å². The summed E-state index contributed by atoms with van der Waals surface area (Å²) in [6.45, 7) is 3.58. The third kappa shape index (κ3) is 3.00. The van der Waals surface area contributed by atoms with Crippen LogP contribution in [0.3, 0.4) is 0 Å². The van der Waals surface area contributed by atoms with E-state index in [0.29, 0.717) is 23.1 Å². The summed E-state index contributed by atoms with van der Waals surface area (Å²) in [4.78, 5) is 12.8. The van der Waals surface area contributed by atoms with Gasteiger partial charge in [0.25, 0.3) is 5.91 Å². The molecule has 1 N–H and O–H groups in total. The lowest BCUT2D eigenvalue weighted by atomic mass is 10.1. The molecule has 2 heterocycles. The molecule has 3 aromatic rings. The Balaban J connectivity index is 2.01. The summed E-state index contributed by atoms with van der Waals surface area (Å²) < 4.78 is 12.6. The van der Waals surface area contributed by atoms with Crippen LogP contribution in [0.15, 0.2) is 47.1 Å². The van der Waals surface area contributed by atoms with Crippen molar-refractivity contribution in [1.29, 1.82) is 5.26 Å². The van der Waals surface area contributed by atoms with E-state index in [1.54, 1.807) is 30.0 Å². The first kappa shape index (κ1) is 16.4. The first-order valence-electron chi connectivity index (χ1n) is 7.68. The van der Waals surface area contributed by atoms with E-state index in [0.717, 1.165) is 5.56 Å². The Kier molecular flexibility index (Phi) is 4.31. The number of aromatic nitrogens is 1. The number of nitrogens with one attached hydrogen (secondary N) is 1. The van der Waals surface area contributed by atoms with Crippen LogP contribution in [0.5, 0.6) is 5.75 Å². The first-order valence-corrected chi connectivity index (χ1v) is 7.68. The molecule has 3 rings (SSSR count). The fraction of sp³-hybridized carbons (Fsp3) is 0.158. The average Bonchev–Trinajstić information content (AvgIpc) is 3.22. The van der Waals surface area contributed by atoms with Crippen LogP contribution < -0.4 is 10.1 Å². The van der Waals surface area contributed by atoms with Crippen molar-refractivity contribution in [3.05, 3.63) is 65.2 Å². The van der Waals surface area contributed by atoms with Crippen molar-refractivity contribution in [3.63, 3.8) is 0 Å².